The van der Waals surface area contributed by atoms with E-state index in [4.69, 9.17) is 9.47 Å². The van der Waals surface area contributed by atoms with Crippen LogP contribution in [-0.2, 0) is 9.59 Å². The number of methoxy groups -OCH3 is 2. The SMILES string of the molecule is COc1ccc([C@@H]2SC[C@@H](C(=O)O)N2C(C)=O)cc1OC. The Morgan fingerprint density at radius 2 is 1.95 bits per heavy atom. The fourth-order valence-electron chi connectivity index (χ4n) is 2.34. The normalized spacial score (nSPS) is 21.2. The summed E-state index contributed by atoms with van der Waals surface area (Å²) in [6.07, 6.45) is 0. The molecule has 114 valence electrons. The van der Waals surface area contributed by atoms with E-state index in [0.717, 1.165) is 5.56 Å². The topological polar surface area (TPSA) is 76.1 Å². The Kier molecular flexibility index (Phi) is 4.62. The second-order valence-corrected chi connectivity index (χ2v) is 5.69. The highest BCUT2D eigenvalue weighted by atomic mass is 32.2. The number of thioether (sulfide) groups is 1. The number of hydrogen-bond acceptors (Lipinski definition) is 5. The van der Waals surface area contributed by atoms with Crippen molar-refractivity contribution < 1.29 is 24.2 Å². The Morgan fingerprint density at radius 1 is 1.29 bits per heavy atom. The van der Waals surface area contributed by atoms with E-state index in [0.29, 0.717) is 17.3 Å². The Labute approximate surface area is 127 Å². The summed E-state index contributed by atoms with van der Waals surface area (Å²) in [7, 11) is 3.08. The predicted molar refractivity (Wildman–Crippen MR) is 78.7 cm³/mol. The second-order valence-electron chi connectivity index (χ2n) is 4.58. The van der Waals surface area contributed by atoms with E-state index < -0.39 is 12.0 Å². The number of aliphatic carboxylic acids is 1. The average molecular weight is 311 g/mol. The third-order valence-electron chi connectivity index (χ3n) is 3.34. The van der Waals surface area contributed by atoms with Gasteiger partial charge in [0.25, 0.3) is 0 Å². The van der Waals surface area contributed by atoms with Crippen LogP contribution in [-0.4, -0.2) is 47.9 Å². The summed E-state index contributed by atoms with van der Waals surface area (Å²) in [6.45, 7) is 1.38. The maximum Gasteiger partial charge on any atom is 0.327 e. The summed E-state index contributed by atoms with van der Waals surface area (Å²) < 4.78 is 10.4. The molecule has 1 N–H and O–H groups in total. The summed E-state index contributed by atoms with van der Waals surface area (Å²) in [5, 5.41) is 8.90. The van der Waals surface area contributed by atoms with Crippen molar-refractivity contribution in [3.05, 3.63) is 23.8 Å². The number of carboxylic acid groups (broad SMARTS) is 1. The first kappa shape index (κ1) is 15.5. The van der Waals surface area contributed by atoms with Crippen molar-refractivity contribution in [1.82, 2.24) is 4.90 Å². The van der Waals surface area contributed by atoms with Crippen molar-refractivity contribution in [2.45, 2.75) is 18.3 Å². The van der Waals surface area contributed by atoms with Gasteiger partial charge in [0.05, 0.1) is 14.2 Å². The third kappa shape index (κ3) is 2.92. The second kappa shape index (κ2) is 6.26. The number of rotatable bonds is 4. The minimum atomic E-state index is -0.985. The van der Waals surface area contributed by atoms with Crippen LogP contribution in [0.3, 0.4) is 0 Å². The summed E-state index contributed by atoms with van der Waals surface area (Å²) in [6, 6.07) is 4.54. The van der Waals surface area contributed by atoms with Gasteiger partial charge in [0.2, 0.25) is 5.91 Å². The predicted octanol–water partition coefficient (Wildman–Crippen LogP) is 1.75. The number of hydrogen-bond donors (Lipinski definition) is 1. The molecule has 6 nitrogen and oxygen atoms in total. The number of amides is 1. The van der Waals surface area contributed by atoms with Crippen LogP contribution in [0.2, 0.25) is 0 Å². The van der Waals surface area contributed by atoms with Crippen LogP contribution >= 0.6 is 11.8 Å². The first-order valence-electron chi connectivity index (χ1n) is 6.34. The quantitative estimate of drug-likeness (QED) is 0.913. The van der Waals surface area contributed by atoms with Gasteiger partial charge in [0.15, 0.2) is 11.5 Å². The fourth-order valence-corrected chi connectivity index (χ4v) is 3.81. The summed E-state index contributed by atoms with van der Waals surface area (Å²) in [5.74, 6) is 0.271. The smallest absolute Gasteiger partial charge is 0.327 e. The van der Waals surface area contributed by atoms with Gasteiger partial charge in [-0.3, -0.25) is 4.79 Å². The molecule has 1 aliphatic heterocycles. The molecule has 2 rings (SSSR count). The molecule has 0 radical (unpaired) electrons. The van der Waals surface area contributed by atoms with Gasteiger partial charge in [-0.1, -0.05) is 6.07 Å². The highest BCUT2D eigenvalue weighted by molar-refractivity contribution is 7.99. The third-order valence-corrected chi connectivity index (χ3v) is 4.67. The molecule has 1 aromatic rings. The molecule has 21 heavy (non-hydrogen) atoms. The lowest BCUT2D eigenvalue weighted by molar-refractivity contribution is -0.148. The van der Waals surface area contributed by atoms with Crippen LogP contribution in [0.1, 0.15) is 17.9 Å². The summed E-state index contributed by atoms with van der Waals surface area (Å²) >= 11 is 1.43. The maximum atomic E-state index is 11.8. The van der Waals surface area contributed by atoms with Gasteiger partial charge < -0.3 is 19.5 Å². The average Bonchev–Trinajstić information content (AvgIpc) is 2.91. The molecule has 1 saturated heterocycles. The first-order valence-corrected chi connectivity index (χ1v) is 7.39. The standard InChI is InChI=1S/C14H17NO5S/c1-8(16)15-10(14(17)18)7-21-13(15)9-4-5-11(19-2)12(6-9)20-3/h4-6,10,13H,7H2,1-3H3,(H,17,18)/t10-,13-/m0/s1. The molecule has 1 amide bonds. The van der Waals surface area contributed by atoms with Crippen LogP contribution in [0.15, 0.2) is 18.2 Å². The number of carboxylic acids is 1. The molecule has 0 spiro atoms. The van der Waals surface area contributed by atoms with Crippen LogP contribution in [0, 0.1) is 0 Å². The molecular formula is C14H17NO5S. The zero-order valence-corrected chi connectivity index (χ0v) is 12.8. The largest absolute Gasteiger partial charge is 0.493 e. The van der Waals surface area contributed by atoms with Gasteiger partial charge in [-0.05, 0) is 17.7 Å². The number of nitrogens with zero attached hydrogens (tertiary/aromatic N) is 1. The van der Waals surface area contributed by atoms with Crippen molar-refractivity contribution in [3.8, 4) is 11.5 Å². The van der Waals surface area contributed by atoms with E-state index in [2.05, 4.69) is 0 Å². The Hall–Kier alpha value is -1.89. The van der Waals surface area contributed by atoms with E-state index in [1.54, 1.807) is 19.2 Å². The molecule has 1 aliphatic rings. The van der Waals surface area contributed by atoms with Crippen molar-refractivity contribution in [1.29, 1.82) is 0 Å². The van der Waals surface area contributed by atoms with Gasteiger partial charge in [-0.2, -0.15) is 0 Å². The van der Waals surface area contributed by atoms with Crippen LogP contribution in [0.5, 0.6) is 11.5 Å². The minimum absolute atomic E-state index is 0.257. The lowest BCUT2D eigenvalue weighted by Crippen LogP contribution is -2.41. The molecule has 0 saturated carbocycles. The zero-order valence-electron chi connectivity index (χ0n) is 12.0. The van der Waals surface area contributed by atoms with Crippen LogP contribution in [0.25, 0.3) is 0 Å². The molecule has 2 atom stereocenters. The Morgan fingerprint density at radius 3 is 2.48 bits per heavy atom. The molecule has 0 aliphatic carbocycles. The van der Waals surface area contributed by atoms with Gasteiger partial charge >= 0.3 is 5.97 Å². The number of ether oxygens (including phenoxy) is 2. The molecule has 1 aromatic carbocycles. The number of benzene rings is 1. The molecule has 0 bridgehead atoms. The number of carbonyl (C=O) groups excluding carboxylic acids is 1. The molecule has 7 heteroatoms. The van der Waals surface area contributed by atoms with Gasteiger partial charge in [-0.15, -0.1) is 11.8 Å². The van der Waals surface area contributed by atoms with Crippen LogP contribution < -0.4 is 9.47 Å². The Bertz CT molecular complexity index is 562. The lowest BCUT2D eigenvalue weighted by Gasteiger charge is -2.26. The molecule has 1 fully saturated rings. The van der Waals surface area contributed by atoms with Crippen molar-refractivity contribution in [3.63, 3.8) is 0 Å². The van der Waals surface area contributed by atoms with Crippen molar-refractivity contribution in [2.24, 2.45) is 0 Å². The minimum Gasteiger partial charge on any atom is -0.493 e. The van der Waals surface area contributed by atoms with E-state index in [-0.39, 0.29) is 11.3 Å². The lowest BCUT2D eigenvalue weighted by atomic mass is 10.1. The van der Waals surface area contributed by atoms with Crippen molar-refractivity contribution >= 4 is 23.6 Å². The van der Waals surface area contributed by atoms with Gasteiger partial charge in [-0.25, -0.2) is 4.79 Å². The molecule has 0 aromatic heterocycles. The van der Waals surface area contributed by atoms with E-state index >= 15 is 0 Å². The molecule has 1 heterocycles. The van der Waals surface area contributed by atoms with Gasteiger partial charge in [0.1, 0.15) is 11.4 Å². The zero-order chi connectivity index (χ0) is 15.6. The summed E-state index contributed by atoms with van der Waals surface area (Å²) in [5.41, 5.74) is 0.816. The monoisotopic (exact) mass is 311 g/mol. The highest BCUT2D eigenvalue weighted by Crippen LogP contribution is 2.43. The van der Waals surface area contributed by atoms with Gasteiger partial charge in [0, 0.05) is 12.7 Å². The Balaban J connectivity index is 2.36. The van der Waals surface area contributed by atoms with E-state index in [1.807, 2.05) is 6.07 Å². The molecular weight excluding hydrogens is 294 g/mol. The molecule has 0 unspecified atom stereocenters. The summed E-state index contributed by atoms with van der Waals surface area (Å²) in [4.78, 5) is 24.5. The maximum absolute atomic E-state index is 11.8. The number of carbonyl (C=O) groups is 2. The van der Waals surface area contributed by atoms with Crippen molar-refractivity contribution in [2.75, 3.05) is 20.0 Å². The van der Waals surface area contributed by atoms with E-state index in [1.165, 1.54) is 30.7 Å². The first-order chi connectivity index (χ1) is 9.99. The fraction of sp³-hybridized carbons (Fsp3) is 0.429. The highest BCUT2D eigenvalue weighted by Gasteiger charge is 2.41. The van der Waals surface area contributed by atoms with E-state index in [9.17, 15) is 14.7 Å². The van der Waals surface area contributed by atoms with Crippen LogP contribution in [0.4, 0.5) is 0 Å².